The minimum absolute atomic E-state index is 0.0683. The maximum atomic E-state index is 11.5. The Morgan fingerprint density at radius 2 is 2.16 bits per heavy atom. The maximum Gasteiger partial charge on any atom is 0.307 e. The highest BCUT2D eigenvalue weighted by Crippen LogP contribution is 2.00. The third kappa shape index (κ3) is 7.18. The quantitative estimate of drug-likeness (QED) is 0.757. The molecule has 1 amide bonds. The van der Waals surface area contributed by atoms with Gasteiger partial charge in [0.15, 0.2) is 0 Å². The Morgan fingerprint density at radius 1 is 1.37 bits per heavy atom. The van der Waals surface area contributed by atoms with Gasteiger partial charge in [-0.1, -0.05) is 6.07 Å². The molecule has 1 aromatic heterocycles. The van der Waals surface area contributed by atoms with Crippen LogP contribution in [0.25, 0.3) is 0 Å². The van der Waals surface area contributed by atoms with Crippen molar-refractivity contribution in [3.63, 3.8) is 0 Å². The van der Waals surface area contributed by atoms with Gasteiger partial charge in [-0.05, 0) is 31.9 Å². The monoisotopic (exact) mass is 264 g/mol. The molecule has 0 aliphatic heterocycles. The van der Waals surface area contributed by atoms with Crippen LogP contribution >= 0.6 is 0 Å². The fraction of sp³-hybridized carbons (Fsp3) is 0.500. The smallest absolute Gasteiger partial charge is 0.307 e. The van der Waals surface area contributed by atoms with Crippen LogP contribution in [0.3, 0.4) is 0 Å². The molecule has 1 rings (SSSR count). The molecule has 1 N–H and O–H groups in total. The number of carbonyl (C=O) groups excluding carboxylic acids is 2. The number of pyridine rings is 1. The van der Waals surface area contributed by atoms with Gasteiger partial charge in [0.05, 0.1) is 12.5 Å². The van der Waals surface area contributed by atoms with E-state index in [4.69, 9.17) is 4.74 Å². The van der Waals surface area contributed by atoms with Crippen LogP contribution in [-0.2, 0) is 20.7 Å². The lowest BCUT2D eigenvalue weighted by atomic mass is 10.1. The summed E-state index contributed by atoms with van der Waals surface area (Å²) >= 11 is 0. The Hall–Kier alpha value is -1.91. The number of rotatable bonds is 7. The number of amides is 1. The summed E-state index contributed by atoms with van der Waals surface area (Å²) in [6.07, 6.45) is 4.57. The van der Waals surface area contributed by atoms with Crippen molar-refractivity contribution in [2.75, 3.05) is 6.54 Å². The summed E-state index contributed by atoms with van der Waals surface area (Å²) in [5.41, 5.74) is 1.02. The van der Waals surface area contributed by atoms with Crippen molar-refractivity contribution in [3.8, 4) is 0 Å². The van der Waals surface area contributed by atoms with Crippen molar-refractivity contribution in [2.45, 2.75) is 39.2 Å². The molecule has 0 saturated carbocycles. The molecule has 0 atom stereocenters. The molecule has 5 heteroatoms. The Labute approximate surface area is 113 Å². The number of aromatic nitrogens is 1. The van der Waals surface area contributed by atoms with Crippen LogP contribution in [0.5, 0.6) is 0 Å². The Kier molecular flexibility index (Phi) is 6.57. The van der Waals surface area contributed by atoms with E-state index < -0.39 is 0 Å². The third-order valence-electron chi connectivity index (χ3n) is 2.38. The van der Waals surface area contributed by atoms with Crippen molar-refractivity contribution >= 4 is 11.9 Å². The summed E-state index contributed by atoms with van der Waals surface area (Å²) < 4.78 is 4.96. The second-order valence-corrected chi connectivity index (χ2v) is 4.50. The van der Waals surface area contributed by atoms with Crippen molar-refractivity contribution in [1.82, 2.24) is 10.3 Å². The van der Waals surface area contributed by atoms with Gasteiger partial charge < -0.3 is 10.1 Å². The van der Waals surface area contributed by atoms with Gasteiger partial charge in [0, 0.05) is 25.4 Å². The zero-order chi connectivity index (χ0) is 14.1. The summed E-state index contributed by atoms with van der Waals surface area (Å²) in [5.74, 6) is -0.358. The van der Waals surface area contributed by atoms with Crippen molar-refractivity contribution in [2.24, 2.45) is 0 Å². The van der Waals surface area contributed by atoms with Gasteiger partial charge in [-0.25, -0.2) is 0 Å². The van der Waals surface area contributed by atoms with Crippen LogP contribution < -0.4 is 5.32 Å². The molecular weight excluding hydrogens is 244 g/mol. The lowest BCUT2D eigenvalue weighted by Crippen LogP contribution is -2.27. The normalized spacial score (nSPS) is 10.3. The lowest BCUT2D eigenvalue weighted by Gasteiger charge is -2.08. The molecule has 1 aromatic rings. The van der Waals surface area contributed by atoms with E-state index in [1.165, 1.54) is 0 Å². The van der Waals surface area contributed by atoms with Gasteiger partial charge in [0.2, 0.25) is 5.91 Å². The molecule has 19 heavy (non-hydrogen) atoms. The van der Waals surface area contributed by atoms with Crippen LogP contribution in [0.4, 0.5) is 0 Å². The van der Waals surface area contributed by atoms with E-state index in [9.17, 15) is 9.59 Å². The van der Waals surface area contributed by atoms with Crippen LogP contribution in [0.2, 0.25) is 0 Å². The highest BCUT2D eigenvalue weighted by atomic mass is 16.5. The molecule has 0 aromatic carbocycles. The summed E-state index contributed by atoms with van der Waals surface area (Å²) in [4.78, 5) is 26.8. The summed E-state index contributed by atoms with van der Waals surface area (Å²) in [6, 6.07) is 3.77. The zero-order valence-electron chi connectivity index (χ0n) is 11.4. The fourth-order valence-corrected chi connectivity index (χ4v) is 1.52. The first kappa shape index (κ1) is 15.1. The van der Waals surface area contributed by atoms with Gasteiger partial charge in [-0.15, -0.1) is 0 Å². The van der Waals surface area contributed by atoms with E-state index in [0.29, 0.717) is 19.4 Å². The van der Waals surface area contributed by atoms with Gasteiger partial charge in [-0.3, -0.25) is 14.6 Å². The molecule has 0 fully saturated rings. The number of hydrogen-bond donors (Lipinski definition) is 1. The Bertz CT molecular complexity index is 404. The van der Waals surface area contributed by atoms with Gasteiger partial charge >= 0.3 is 5.97 Å². The average Bonchev–Trinajstić information content (AvgIpc) is 2.36. The molecule has 0 aliphatic rings. The molecule has 5 nitrogen and oxygen atoms in total. The third-order valence-corrected chi connectivity index (χ3v) is 2.38. The van der Waals surface area contributed by atoms with Crippen LogP contribution in [0.1, 0.15) is 32.3 Å². The van der Waals surface area contributed by atoms with Crippen molar-refractivity contribution < 1.29 is 14.3 Å². The first-order valence-corrected chi connectivity index (χ1v) is 6.43. The number of carbonyl (C=O) groups is 2. The molecule has 0 bridgehead atoms. The predicted octanol–water partition coefficient (Wildman–Crippen LogP) is 1.47. The Balaban J connectivity index is 2.13. The summed E-state index contributed by atoms with van der Waals surface area (Å²) in [5, 5.41) is 2.70. The van der Waals surface area contributed by atoms with Gasteiger partial charge in [-0.2, -0.15) is 0 Å². The van der Waals surface area contributed by atoms with E-state index in [0.717, 1.165) is 5.56 Å². The minimum Gasteiger partial charge on any atom is -0.463 e. The number of nitrogens with one attached hydrogen (secondary N) is 1. The van der Waals surface area contributed by atoms with Crippen LogP contribution in [0.15, 0.2) is 24.5 Å². The largest absolute Gasteiger partial charge is 0.463 e. The molecule has 104 valence electrons. The standard InChI is InChI=1S/C14H20N2O3/c1-11(2)19-14(18)7-9-16-13(17)6-5-12-4-3-8-15-10-12/h3-4,8,10-11H,5-7,9H2,1-2H3,(H,16,17). The summed E-state index contributed by atoms with van der Waals surface area (Å²) in [7, 11) is 0. The first-order valence-electron chi connectivity index (χ1n) is 6.43. The van der Waals surface area contributed by atoms with E-state index >= 15 is 0 Å². The number of hydrogen-bond acceptors (Lipinski definition) is 4. The lowest BCUT2D eigenvalue weighted by molar-refractivity contribution is -0.147. The second kappa shape index (κ2) is 8.24. The molecule has 1 heterocycles. The topological polar surface area (TPSA) is 68.3 Å². The predicted molar refractivity (Wildman–Crippen MR) is 71.4 cm³/mol. The molecule has 0 spiro atoms. The summed E-state index contributed by atoms with van der Waals surface area (Å²) in [6.45, 7) is 3.91. The molecule has 0 saturated heterocycles. The van der Waals surface area contributed by atoms with Crippen molar-refractivity contribution in [1.29, 1.82) is 0 Å². The van der Waals surface area contributed by atoms with Crippen LogP contribution in [0, 0.1) is 0 Å². The number of nitrogens with zero attached hydrogens (tertiary/aromatic N) is 1. The van der Waals surface area contributed by atoms with Crippen molar-refractivity contribution in [3.05, 3.63) is 30.1 Å². The fourth-order valence-electron chi connectivity index (χ4n) is 1.52. The Morgan fingerprint density at radius 3 is 2.79 bits per heavy atom. The molecular formula is C14H20N2O3. The molecule has 0 aliphatic carbocycles. The average molecular weight is 264 g/mol. The van der Waals surface area contributed by atoms with Gasteiger partial charge in [0.25, 0.3) is 0 Å². The molecule has 0 radical (unpaired) electrons. The maximum absolute atomic E-state index is 11.5. The first-order chi connectivity index (χ1) is 9.08. The highest BCUT2D eigenvalue weighted by molar-refractivity contribution is 5.77. The van der Waals surface area contributed by atoms with E-state index in [1.807, 2.05) is 12.1 Å². The second-order valence-electron chi connectivity index (χ2n) is 4.50. The SMILES string of the molecule is CC(C)OC(=O)CCNC(=O)CCc1cccnc1. The van der Waals surface area contributed by atoms with E-state index in [-0.39, 0.29) is 24.4 Å². The van der Waals surface area contributed by atoms with E-state index in [2.05, 4.69) is 10.3 Å². The molecule has 0 unspecified atom stereocenters. The zero-order valence-corrected chi connectivity index (χ0v) is 11.4. The highest BCUT2D eigenvalue weighted by Gasteiger charge is 2.07. The van der Waals surface area contributed by atoms with Gasteiger partial charge in [0.1, 0.15) is 0 Å². The number of aryl methyl sites for hydroxylation is 1. The minimum atomic E-state index is -0.289. The number of ether oxygens (including phenoxy) is 1. The number of esters is 1. The van der Waals surface area contributed by atoms with Crippen LogP contribution in [-0.4, -0.2) is 29.5 Å². The van der Waals surface area contributed by atoms with E-state index in [1.54, 1.807) is 26.2 Å².